The molecule has 0 radical (unpaired) electrons. The molecule has 10 amide bonds. The SMILES string of the molecule is NC(=O)[C@H](CCCCNC(=O)CCCC[C@@H]1SC[C@@H]2NC(=O)N[C@@H]21)NC(=O)CNC(=O)CNC(=O)[C@H](Cc1ccccc1)NC(=O)[C@H](Cc1cnc[nH]1)NC(=O)C(CC(=O)NO)CC1CCCC1. The van der Waals surface area contributed by atoms with E-state index in [1.54, 1.807) is 35.8 Å². The fourth-order valence-corrected chi connectivity index (χ4v) is 10.3. The average Bonchev–Trinajstić information content (AvgIpc) is 4.16. The number of nitrogens with one attached hydrogen (secondary N) is 10. The van der Waals surface area contributed by atoms with Crippen LogP contribution in [0.4, 0.5) is 4.79 Å². The highest BCUT2D eigenvalue weighted by atomic mass is 32.2. The molecule has 3 fully saturated rings. The highest BCUT2D eigenvalue weighted by Gasteiger charge is 2.42. The van der Waals surface area contributed by atoms with Crippen LogP contribution in [0.15, 0.2) is 42.9 Å². The van der Waals surface area contributed by atoms with Crippen molar-refractivity contribution in [1.29, 1.82) is 0 Å². The first-order chi connectivity index (χ1) is 32.8. The lowest BCUT2D eigenvalue weighted by atomic mass is 9.89. The molecule has 1 aliphatic carbocycles. The standard InChI is InChI=1S/C45H66N12O10S/c46-41(62)31(14-8-9-17-48-36(58)16-7-6-15-35-40-34(25-68-35)55-45(66)56-40)52-39(61)24-49-38(60)23-50-43(64)32(19-28-10-2-1-3-11-28)54-44(65)33(21-30-22-47-26-51-30)53-42(63)29(20-37(59)57-67)18-27-12-4-5-13-27/h1-3,10-11,22,26-27,29,31-35,40,67H,4-9,12-21,23-25H2,(H2,46,62)(H,47,51)(H,48,58)(H,49,60)(H,50,64)(H,52,61)(H,53,63)(H,54,65)(H,57,59)(H2,55,56,66)/t29?,31-,32-,33-,34-,35-,40-/m0/s1. The third kappa shape index (κ3) is 17.8. The van der Waals surface area contributed by atoms with E-state index >= 15 is 0 Å². The van der Waals surface area contributed by atoms with Crippen molar-refractivity contribution < 1.29 is 48.4 Å². The van der Waals surface area contributed by atoms with Crippen LogP contribution < -0.4 is 53.7 Å². The molecule has 2 saturated heterocycles. The zero-order valence-corrected chi connectivity index (χ0v) is 39.0. The highest BCUT2D eigenvalue weighted by molar-refractivity contribution is 8.00. The summed E-state index contributed by atoms with van der Waals surface area (Å²) in [5.41, 5.74) is 8.31. The molecule has 2 aliphatic heterocycles. The van der Waals surface area contributed by atoms with Crippen LogP contribution in [0.1, 0.15) is 94.7 Å². The molecule has 0 spiro atoms. The fourth-order valence-electron chi connectivity index (χ4n) is 8.77. The van der Waals surface area contributed by atoms with Crippen LogP contribution in [-0.4, -0.2) is 129 Å². The minimum atomic E-state index is -1.22. The summed E-state index contributed by atoms with van der Waals surface area (Å²) in [6.45, 7) is -0.714. The van der Waals surface area contributed by atoms with E-state index in [1.807, 2.05) is 11.8 Å². The molecule has 3 aliphatic rings. The van der Waals surface area contributed by atoms with Gasteiger partial charge in [-0.2, -0.15) is 11.8 Å². The molecule has 68 heavy (non-hydrogen) atoms. The molecule has 22 nitrogen and oxygen atoms in total. The van der Waals surface area contributed by atoms with E-state index in [1.165, 1.54) is 12.5 Å². The predicted octanol–water partition coefficient (Wildman–Crippen LogP) is -0.529. The zero-order valence-electron chi connectivity index (χ0n) is 38.1. The second-order valence-corrected chi connectivity index (χ2v) is 18.9. The quantitative estimate of drug-likeness (QED) is 0.0212. The van der Waals surface area contributed by atoms with Gasteiger partial charge in [0, 0.05) is 61.0 Å². The Kier molecular flexibility index (Phi) is 21.4. The average molecular weight is 967 g/mol. The second kappa shape index (κ2) is 27.6. The van der Waals surface area contributed by atoms with Crippen molar-refractivity contribution in [2.45, 2.75) is 132 Å². The van der Waals surface area contributed by atoms with Gasteiger partial charge in [-0.1, -0.05) is 62.4 Å². The molecule has 3 heterocycles. The molecular weight excluding hydrogens is 901 g/mol. The maximum atomic E-state index is 14.0. The summed E-state index contributed by atoms with van der Waals surface area (Å²) in [5, 5.41) is 31.2. The Bertz CT molecular complexity index is 2020. The Morgan fingerprint density at radius 2 is 1.51 bits per heavy atom. The molecule has 5 rings (SSSR count). The summed E-state index contributed by atoms with van der Waals surface area (Å²) in [5.74, 6) is -4.77. The summed E-state index contributed by atoms with van der Waals surface area (Å²) in [6, 6.07) is 5.53. The summed E-state index contributed by atoms with van der Waals surface area (Å²) in [7, 11) is 0. The van der Waals surface area contributed by atoms with Gasteiger partial charge in [-0.05, 0) is 50.0 Å². The number of hydroxylamine groups is 1. The number of hydrogen-bond acceptors (Lipinski definition) is 12. The van der Waals surface area contributed by atoms with Gasteiger partial charge in [0.1, 0.15) is 18.1 Å². The highest BCUT2D eigenvalue weighted by Crippen LogP contribution is 2.33. The van der Waals surface area contributed by atoms with Gasteiger partial charge in [-0.3, -0.25) is 43.6 Å². The van der Waals surface area contributed by atoms with Gasteiger partial charge in [0.25, 0.3) is 0 Å². The van der Waals surface area contributed by atoms with Crippen LogP contribution in [0, 0.1) is 11.8 Å². The fraction of sp³-hybridized carbons (Fsp3) is 0.600. The van der Waals surface area contributed by atoms with E-state index in [4.69, 9.17) is 5.73 Å². The Balaban J connectivity index is 1.05. The number of aromatic amines is 1. The number of rotatable bonds is 29. The second-order valence-electron chi connectivity index (χ2n) is 17.6. The normalized spacial score (nSPS) is 19.2. The molecule has 13 N–H and O–H groups in total. The van der Waals surface area contributed by atoms with Crippen molar-refractivity contribution >= 4 is 65.1 Å². The third-order valence-electron chi connectivity index (χ3n) is 12.4. The van der Waals surface area contributed by atoms with Crippen LogP contribution in [0.3, 0.4) is 0 Å². The number of nitrogens with zero attached hydrogens (tertiary/aromatic N) is 1. The monoisotopic (exact) mass is 966 g/mol. The number of fused-ring (bicyclic) bond motifs is 1. The molecule has 1 saturated carbocycles. The number of carbonyl (C=O) groups excluding carboxylic acids is 9. The minimum Gasteiger partial charge on any atom is -0.368 e. The number of H-pyrrole nitrogens is 1. The lowest BCUT2D eigenvalue weighted by molar-refractivity contribution is -0.137. The van der Waals surface area contributed by atoms with Gasteiger partial charge in [0.05, 0.1) is 31.5 Å². The summed E-state index contributed by atoms with van der Waals surface area (Å²) in [6.07, 6.45) is 10.9. The minimum absolute atomic E-state index is 0.0114. The van der Waals surface area contributed by atoms with Crippen molar-refractivity contribution in [3.05, 3.63) is 54.1 Å². The van der Waals surface area contributed by atoms with E-state index in [-0.39, 0.29) is 55.6 Å². The van der Waals surface area contributed by atoms with Crippen LogP contribution in [0.25, 0.3) is 0 Å². The molecule has 372 valence electrons. The number of imidazole rings is 1. The first-order valence-electron chi connectivity index (χ1n) is 23.4. The molecule has 1 unspecified atom stereocenters. The molecule has 7 atom stereocenters. The maximum Gasteiger partial charge on any atom is 0.315 e. The van der Waals surface area contributed by atoms with Crippen molar-refractivity contribution in [3.8, 4) is 0 Å². The lowest BCUT2D eigenvalue weighted by Crippen LogP contribution is -2.56. The van der Waals surface area contributed by atoms with Crippen molar-refractivity contribution in [2.75, 3.05) is 25.4 Å². The predicted molar refractivity (Wildman–Crippen MR) is 249 cm³/mol. The van der Waals surface area contributed by atoms with E-state index < -0.39 is 78.5 Å². The number of unbranched alkanes of at least 4 members (excludes halogenated alkanes) is 2. The number of aromatic nitrogens is 2. The Hall–Kier alpha value is -6.23. The van der Waals surface area contributed by atoms with Crippen LogP contribution in [0.2, 0.25) is 0 Å². The number of amides is 10. The number of primary amides is 1. The van der Waals surface area contributed by atoms with E-state index in [2.05, 4.69) is 52.5 Å². The van der Waals surface area contributed by atoms with Crippen molar-refractivity contribution in [2.24, 2.45) is 17.6 Å². The first kappa shape index (κ1) is 52.7. The summed E-state index contributed by atoms with van der Waals surface area (Å²) in [4.78, 5) is 122. The largest absolute Gasteiger partial charge is 0.368 e. The molecule has 1 aromatic heterocycles. The van der Waals surface area contributed by atoms with Crippen LogP contribution in [0.5, 0.6) is 0 Å². The topological polar surface area (TPSA) is 337 Å². The number of carbonyl (C=O) groups is 9. The van der Waals surface area contributed by atoms with E-state index in [0.29, 0.717) is 48.7 Å². The smallest absolute Gasteiger partial charge is 0.315 e. The lowest BCUT2D eigenvalue weighted by Gasteiger charge is -2.25. The summed E-state index contributed by atoms with van der Waals surface area (Å²) < 4.78 is 0. The van der Waals surface area contributed by atoms with Crippen LogP contribution in [-0.2, 0) is 51.2 Å². The van der Waals surface area contributed by atoms with Gasteiger partial charge in [0.2, 0.25) is 47.3 Å². The van der Waals surface area contributed by atoms with Gasteiger partial charge in [-0.25, -0.2) is 15.3 Å². The van der Waals surface area contributed by atoms with E-state index in [9.17, 15) is 48.4 Å². The number of urea groups is 1. The maximum absolute atomic E-state index is 14.0. The van der Waals surface area contributed by atoms with Gasteiger partial charge in [0.15, 0.2) is 0 Å². The van der Waals surface area contributed by atoms with Gasteiger partial charge >= 0.3 is 6.03 Å². The molecular formula is C45H66N12O10S. The van der Waals surface area contributed by atoms with Crippen LogP contribution >= 0.6 is 11.8 Å². The summed E-state index contributed by atoms with van der Waals surface area (Å²) >= 11 is 1.84. The number of benzene rings is 1. The Morgan fingerprint density at radius 3 is 2.24 bits per heavy atom. The Morgan fingerprint density at radius 1 is 0.779 bits per heavy atom. The third-order valence-corrected chi connectivity index (χ3v) is 13.9. The van der Waals surface area contributed by atoms with Gasteiger partial charge < -0.3 is 53.3 Å². The number of thioether (sulfide) groups is 1. The molecule has 2 aromatic rings. The molecule has 23 heteroatoms. The van der Waals surface area contributed by atoms with E-state index in [0.717, 1.165) is 50.7 Å². The number of hydrogen-bond donors (Lipinski definition) is 12. The Labute approximate surface area is 399 Å². The first-order valence-corrected chi connectivity index (χ1v) is 24.5. The zero-order chi connectivity index (χ0) is 48.8. The number of nitrogens with two attached hydrogens (primary N) is 1. The van der Waals surface area contributed by atoms with Crippen molar-refractivity contribution in [3.63, 3.8) is 0 Å². The molecule has 1 aromatic carbocycles. The van der Waals surface area contributed by atoms with Gasteiger partial charge in [-0.15, -0.1) is 0 Å². The van der Waals surface area contributed by atoms with Crippen molar-refractivity contribution in [1.82, 2.24) is 58.0 Å². The molecule has 0 bridgehead atoms.